The van der Waals surface area contributed by atoms with Gasteiger partial charge in [-0.05, 0) is 35.9 Å². The summed E-state index contributed by atoms with van der Waals surface area (Å²) in [6, 6.07) is 10.4. The minimum Gasteiger partial charge on any atom is -0.486 e. The lowest BCUT2D eigenvalue weighted by molar-refractivity contribution is -0.123. The summed E-state index contributed by atoms with van der Waals surface area (Å²) < 4.78 is 11.0. The van der Waals surface area contributed by atoms with Crippen LogP contribution in [0.3, 0.4) is 0 Å². The highest BCUT2D eigenvalue weighted by Gasteiger charge is 2.21. The van der Waals surface area contributed by atoms with Gasteiger partial charge >= 0.3 is 0 Å². The molecule has 0 aromatic heterocycles. The molecule has 0 atom stereocenters. The third-order valence-corrected chi connectivity index (χ3v) is 4.45. The number of nitrogens with one attached hydrogen (secondary N) is 2. The highest BCUT2D eigenvalue weighted by Crippen LogP contribution is 2.38. The number of anilines is 1. The van der Waals surface area contributed by atoms with E-state index in [1.807, 2.05) is 20.8 Å². The Morgan fingerprint density at radius 1 is 1.11 bits per heavy atom. The molecule has 2 aromatic rings. The molecular weight excluding hydrogens is 380 g/mol. The van der Waals surface area contributed by atoms with Crippen LogP contribution < -0.4 is 20.1 Å². The quantitative estimate of drug-likeness (QED) is 0.809. The summed E-state index contributed by atoms with van der Waals surface area (Å²) in [6.45, 7) is 6.71. The van der Waals surface area contributed by atoms with E-state index in [9.17, 15) is 9.59 Å². The van der Waals surface area contributed by atoms with Crippen LogP contribution in [-0.2, 0) is 11.3 Å². The smallest absolute Gasteiger partial charge is 0.251 e. The number of fused-ring (bicyclic) bond motifs is 1. The number of benzene rings is 2. The molecule has 0 bridgehead atoms. The summed E-state index contributed by atoms with van der Waals surface area (Å²) in [7, 11) is 0. The van der Waals surface area contributed by atoms with Gasteiger partial charge < -0.3 is 20.1 Å². The van der Waals surface area contributed by atoms with Crippen LogP contribution in [0.5, 0.6) is 11.5 Å². The number of rotatable bonds is 4. The Morgan fingerprint density at radius 2 is 1.86 bits per heavy atom. The average molecular weight is 403 g/mol. The van der Waals surface area contributed by atoms with Crippen molar-refractivity contribution < 1.29 is 19.1 Å². The van der Waals surface area contributed by atoms with Gasteiger partial charge in [0.05, 0.1) is 5.02 Å². The fourth-order valence-electron chi connectivity index (χ4n) is 2.61. The highest BCUT2D eigenvalue weighted by atomic mass is 35.5. The highest BCUT2D eigenvalue weighted by molar-refractivity contribution is 6.32. The van der Waals surface area contributed by atoms with E-state index < -0.39 is 5.41 Å². The molecular formula is C21H23ClN2O4. The van der Waals surface area contributed by atoms with Crippen molar-refractivity contribution in [2.24, 2.45) is 5.41 Å². The van der Waals surface area contributed by atoms with E-state index in [0.717, 1.165) is 5.56 Å². The molecule has 0 saturated heterocycles. The van der Waals surface area contributed by atoms with Gasteiger partial charge in [0, 0.05) is 23.2 Å². The Balaban J connectivity index is 1.66. The molecule has 2 N–H and O–H groups in total. The number of halogens is 1. The third kappa shape index (κ3) is 4.75. The molecule has 148 valence electrons. The van der Waals surface area contributed by atoms with E-state index in [-0.39, 0.29) is 18.4 Å². The summed E-state index contributed by atoms with van der Waals surface area (Å²) in [6.07, 6.45) is 0. The zero-order valence-corrected chi connectivity index (χ0v) is 16.9. The molecule has 0 radical (unpaired) electrons. The summed E-state index contributed by atoms with van der Waals surface area (Å²) in [4.78, 5) is 24.6. The number of amides is 2. The van der Waals surface area contributed by atoms with Crippen LogP contribution >= 0.6 is 11.6 Å². The van der Waals surface area contributed by atoms with Gasteiger partial charge in [0.25, 0.3) is 5.91 Å². The number of ether oxygens (including phenoxy) is 2. The van der Waals surface area contributed by atoms with Crippen LogP contribution in [0, 0.1) is 5.41 Å². The van der Waals surface area contributed by atoms with Crippen LogP contribution in [-0.4, -0.2) is 25.0 Å². The van der Waals surface area contributed by atoms with E-state index in [2.05, 4.69) is 10.6 Å². The summed E-state index contributed by atoms with van der Waals surface area (Å²) in [5.41, 5.74) is 1.32. The molecule has 2 amide bonds. The number of hydrogen-bond acceptors (Lipinski definition) is 4. The molecule has 1 aliphatic rings. The first-order chi connectivity index (χ1) is 13.2. The second kappa shape index (κ2) is 8.10. The van der Waals surface area contributed by atoms with Crippen molar-refractivity contribution in [1.82, 2.24) is 5.32 Å². The lowest BCUT2D eigenvalue weighted by Gasteiger charge is -2.20. The van der Waals surface area contributed by atoms with Gasteiger partial charge in [0.2, 0.25) is 5.91 Å². The van der Waals surface area contributed by atoms with Gasteiger partial charge in [-0.3, -0.25) is 9.59 Å². The van der Waals surface area contributed by atoms with E-state index in [0.29, 0.717) is 41.0 Å². The molecule has 7 heteroatoms. The van der Waals surface area contributed by atoms with Crippen molar-refractivity contribution in [3.63, 3.8) is 0 Å². The predicted molar refractivity (Wildman–Crippen MR) is 108 cm³/mol. The first-order valence-electron chi connectivity index (χ1n) is 9.02. The molecule has 0 saturated carbocycles. The zero-order valence-electron chi connectivity index (χ0n) is 16.1. The van der Waals surface area contributed by atoms with Gasteiger partial charge in [0.1, 0.15) is 13.2 Å². The average Bonchev–Trinajstić information content (AvgIpc) is 2.65. The Kier molecular flexibility index (Phi) is 5.79. The van der Waals surface area contributed by atoms with Gasteiger partial charge in [-0.2, -0.15) is 0 Å². The molecule has 0 unspecified atom stereocenters. The minimum atomic E-state index is -0.518. The standard InChI is InChI=1S/C21H23ClN2O4/c1-21(2,3)20(26)24-15-6-4-5-14(11-15)19(25)23-12-13-9-16(22)18-17(10-13)27-7-8-28-18/h4-6,9-11H,7-8,12H2,1-3H3,(H,23,25)(H,24,26). The van der Waals surface area contributed by atoms with Crippen LogP contribution in [0.15, 0.2) is 36.4 Å². The summed E-state index contributed by atoms with van der Waals surface area (Å²) in [5, 5.41) is 6.13. The van der Waals surface area contributed by atoms with Crippen LogP contribution in [0.1, 0.15) is 36.7 Å². The molecule has 0 aliphatic carbocycles. The van der Waals surface area contributed by atoms with E-state index in [4.69, 9.17) is 21.1 Å². The monoisotopic (exact) mass is 402 g/mol. The zero-order chi connectivity index (χ0) is 20.3. The normalized spacial score (nSPS) is 13.0. The molecule has 0 spiro atoms. The summed E-state index contributed by atoms with van der Waals surface area (Å²) in [5.74, 6) is 0.744. The fraction of sp³-hybridized carbons (Fsp3) is 0.333. The molecule has 1 heterocycles. The van der Waals surface area contributed by atoms with Crippen LogP contribution in [0.4, 0.5) is 5.69 Å². The maximum atomic E-state index is 12.5. The minimum absolute atomic E-state index is 0.115. The van der Waals surface area contributed by atoms with Gasteiger partial charge in [0.15, 0.2) is 11.5 Å². The van der Waals surface area contributed by atoms with E-state index in [1.54, 1.807) is 36.4 Å². The van der Waals surface area contributed by atoms with Crippen LogP contribution in [0.25, 0.3) is 0 Å². The predicted octanol–water partition coefficient (Wildman–Crippen LogP) is 4.03. The lowest BCUT2D eigenvalue weighted by Crippen LogP contribution is -2.28. The van der Waals surface area contributed by atoms with Crippen molar-refractivity contribution in [3.8, 4) is 11.5 Å². The fourth-order valence-corrected chi connectivity index (χ4v) is 2.90. The van der Waals surface area contributed by atoms with Crippen molar-refractivity contribution in [1.29, 1.82) is 0 Å². The second-order valence-electron chi connectivity index (χ2n) is 7.57. The number of carbonyl (C=O) groups is 2. The molecule has 2 aromatic carbocycles. The lowest BCUT2D eigenvalue weighted by atomic mass is 9.95. The Labute approximate surface area is 169 Å². The Morgan fingerprint density at radius 3 is 2.61 bits per heavy atom. The largest absolute Gasteiger partial charge is 0.486 e. The SMILES string of the molecule is CC(C)(C)C(=O)Nc1cccc(C(=O)NCc2cc(Cl)c3c(c2)OCCO3)c1. The van der Waals surface area contributed by atoms with Crippen molar-refractivity contribution in [2.45, 2.75) is 27.3 Å². The number of hydrogen-bond donors (Lipinski definition) is 2. The van der Waals surface area contributed by atoms with Crippen LogP contribution in [0.2, 0.25) is 5.02 Å². The summed E-state index contributed by atoms with van der Waals surface area (Å²) >= 11 is 6.23. The molecule has 1 aliphatic heterocycles. The molecule has 0 fully saturated rings. The van der Waals surface area contributed by atoms with E-state index >= 15 is 0 Å². The van der Waals surface area contributed by atoms with Gasteiger partial charge in [-0.15, -0.1) is 0 Å². The van der Waals surface area contributed by atoms with Gasteiger partial charge in [-0.25, -0.2) is 0 Å². The first kappa shape index (κ1) is 20.0. The first-order valence-corrected chi connectivity index (χ1v) is 9.39. The van der Waals surface area contributed by atoms with E-state index in [1.165, 1.54) is 0 Å². The maximum Gasteiger partial charge on any atom is 0.251 e. The van der Waals surface area contributed by atoms with Crippen molar-refractivity contribution in [3.05, 3.63) is 52.5 Å². The Bertz CT molecular complexity index is 906. The maximum absolute atomic E-state index is 12.5. The topological polar surface area (TPSA) is 76.7 Å². The Hall–Kier alpha value is -2.73. The molecule has 28 heavy (non-hydrogen) atoms. The second-order valence-corrected chi connectivity index (χ2v) is 7.98. The number of carbonyl (C=O) groups excluding carboxylic acids is 2. The molecule has 3 rings (SSSR count). The van der Waals surface area contributed by atoms with Crippen molar-refractivity contribution in [2.75, 3.05) is 18.5 Å². The third-order valence-electron chi connectivity index (χ3n) is 4.17. The molecule has 6 nitrogen and oxygen atoms in total. The van der Waals surface area contributed by atoms with Crippen molar-refractivity contribution >= 4 is 29.1 Å². The van der Waals surface area contributed by atoms with Gasteiger partial charge in [-0.1, -0.05) is 38.4 Å².